The fourth-order valence-corrected chi connectivity index (χ4v) is 4.07. The number of hydrogen-bond acceptors (Lipinski definition) is 3. The van der Waals surface area contributed by atoms with Crippen molar-refractivity contribution in [3.8, 4) is 28.3 Å². The van der Waals surface area contributed by atoms with Gasteiger partial charge in [0.05, 0.1) is 12.8 Å². The second kappa shape index (κ2) is 7.30. The third-order valence-electron chi connectivity index (χ3n) is 5.90. The first-order chi connectivity index (χ1) is 14.6. The second-order valence-electron chi connectivity index (χ2n) is 7.68. The van der Waals surface area contributed by atoms with Crippen molar-refractivity contribution in [2.45, 2.75) is 20.3 Å². The summed E-state index contributed by atoms with van der Waals surface area (Å²) in [5, 5.41) is 0. The molecule has 0 radical (unpaired) electrons. The van der Waals surface area contributed by atoms with Crippen molar-refractivity contribution >= 4 is 5.57 Å². The molecule has 4 aromatic rings. The van der Waals surface area contributed by atoms with Gasteiger partial charge in [0.2, 0.25) is 0 Å². The Morgan fingerprint density at radius 1 is 0.900 bits per heavy atom. The number of benzene rings is 2. The maximum Gasteiger partial charge on any atom is 0.137 e. The number of nitrogens with zero attached hydrogens (tertiary/aromatic N) is 2. The molecule has 0 spiro atoms. The molecule has 0 bridgehead atoms. The molecule has 0 amide bonds. The molecule has 2 aromatic heterocycles. The Labute approximate surface area is 176 Å². The number of methoxy groups -OCH3 is 1. The van der Waals surface area contributed by atoms with Gasteiger partial charge >= 0.3 is 0 Å². The van der Waals surface area contributed by atoms with E-state index in [0.29, 0.717) is 0 Å². The van der Waals surface area contributed by atoms with Gasteiger partial charge in [-0.25, -0.2) is 4.98 Å². The van der Waals surface area contributed by atoms with E-state index in [0.717, 1.165) is 40.4 Å². The lowest BCUT2D eigenvalue weighted by Gasteiger charge is -2.13. The van der Waals surface area contributed by atoms with E-state index in [1.807, 2.05) is 12.4 Å². The smallest absolute Gasteiger partial charge is 0.137 e. The molecular formula is C26H23N3O. The zero-order chi connectivity index (χ0) is 20.7. The minimum Gasteiger partial charge on any atom is -0.496 e. The predicted molar refractivity (Wildman–Crippen MR) is 121 cm³/mol. The average molecular weight is 393 g/mol. The second-order valence-corrected chi connectivity index (χ2v) is 7.68. The molecule has 1 aliphatic carbocycles. The number of hydrogen-bond donors (Lipinski definition) is 1. The van der Waals surface area contributed by atoms with Crippen LogP contribution in [0.3, 0.4) is 0 Å². The van der Waals surface area contributed by atoms with E-state index in [9.17, 15) is 0 Å². The van der Waals surface area contributed by atoms with Gasteiger partial charge in [-0.2, -0.15) is 0 Å². The van der Waals surface area contributed by atoms with Gasteiger partial charge in [0, 0.05) is 41.7 Å². The van der Waals surface area contributed by atoms with Crippen molar-refractivity contribution in [2.24, 2.45) is 0 Å². The van der Waals surface area contributed by atoms with Crippen LogP contribution in [0.5, 0.6) is 5.75 Å². The van der Waals surface area contributed by atoms with Crippen LogP contribution in [-0.4, -0.2) is 22.1 Å². The van der Waals surface area contributed by atoms with E-state index in [1.165, 1.54) is 27.8 Å². The fourth-order valence-electron chi connectivity index (χ4n) is 4.07. The Hall–Kier alpha value is -3.66. The minimum absolute atomic E-state index is 0.862. The van der Waals surface area contributed by atoms with E-state index in [1.54, 1.807) is 13.3 Å². The van der Waals surface area contributed by atoms with E-state index >= 15 is 0 Å². The number of aromatic amines is 1. The Morgan fingerprint density at radius 3 is 2.43 bits per heavy atom. The lowest BCUT2D eigenvalue weighted by atomic mass is 9.95. The summed E-state index contributed by atoms with van der Waals surface area (Å²) in [5.41, 5.74) is 10.5. The summed E-state index contributed by atoms with van der Waals surface area (Å²) in [5.74, 6) is 1.80. The quantitative estimate of drug-likeness (QED) is 0.480. The molecule has 5 rings (SSSR count). The number of H-pyrrole nitrogens is 1. The van der Waals surface area contributed by atoms with Gasteiger partial charge in [0.25, 0.3) is 0 Å². The molecule has 0 aliphatic heterocycles. The molecule has 4 nitrogen and oxygen atoms in total. The van der Waals surface area contributed by atoms with Crippen molar-refractivity contribution in [1.29, 1.82) is 0 Å². The van der Waals surface area contributed by atoms with E-state index in [-0.39, 0.29) is 0 Å². The summed E-state index contributed by atoms with van der Waals surface area (Å²) in [4.78, 5) is 12.3. The lowest BCUT2D eigenvalue weighted by Crippen LogP contribution is -1.95. The Morgan fingerprint density at radius 2 is 1.70 bits per heavy atom. The molecule has 2 heterocycles. The van der Waals surface area contributed by atoms with Gasteiger partial charge in [-0.05, 0) is 53.8 Å². The highest BCUT2D eigenvalue weighted by atomic mass is 16.5. The zero-order valence-corrected chi connectivity index (χ0v) is 17.4. The number of allylic oxidation sites excluding steroid dienone is 1. The number of fused-ring (bicyclic) bond motifs is 1. The van der Waals surface area contributed by atoms with Gasteiger partial charge < -0.3 is 9.72 Å². The molecule has 0 atom stereocenters. The van der Waals surface area contributed by atoms with Gasteiger partial charge in [-0.15, -0.1) is 0 Å². The van der Waals surface area contributed by atoms with Crippen LogP contribution in [0.15, 0.2) is 67.1 Å². The number of imidazole rings is 1. The normalized spacial score (nSPS) is 12.6. The fraction of sp³-hybridized carbons (Fsp3) is 0.154. The maximum absolute atomic E-state index is 5.57. The number of nitrogens with one attached hydrogen (secondary N) is 1. The first-order valence-corrected chi connectivity index (χ1v) is 10.1. The molecule has 0 fully saturated rings. The minimum atomic E-state index is 0.862. The Kier molecular flexibility index (Phi) is 4.47. The van der Waals surface area contributed by atoms with Gasteiger partial charge in [0.1, 0.15) is 11.6 Å². The summed E-state index contributed by atoms with van der Waals surface area (Å²) in [6, 6.07) is 15.1. The summed E-state index contributed by atoms with van der Waals surface area (Å²) in [6.07, 6.45) is 8.71. The van der Waals surface area contributed by atoms with Crippen LogP contribution in [0, 0.1) is 13.8 Å². The molecule has 1 aliphatic rings. The van der Waals surface area contributed by atoms with Crippen molar-refractivity contribution in [2.75, 3.05) is 7.11 Å². The predicted octanol–water partition coefficient (Wildman–Crippen LogP) is 5.75. The van der Waals surface area contributed by atoms with Crippen LogP contribution in [-0.2, 0) is 6.42 Å². The summed E-state index contributed by atoms with van der Waals surface area (Å²) in [7, 11) is 1.72. The molecule has 0 unspecified atom stereocenters. The van der Waals surface area contributed by atoms with E-state index < -0.39 is 0 Å². The first-order valence-electron chi connectivity index (χ1n) is 10.1. The molecule has 0 saturated carbocycles. The third kappa shape index (κ3) is 3.11. The lowest BCUT2D eigenvalue weighted by molar-refractivity contribution is 0.411. The van der Waals surface area contributed by atoms with Crippen LogP contribution < -0.4 is 4.74 Å². The number of pyridine rings is 1. The van der Waals surface area contributed by atoms with E-state index in [2.05, 4.69) is 72.4 Å². The van der Waals surface area contributed by atoms with Crippen LogP contribution >= 0.6 is 0 Å². The first kappa shape index (κ1) is 18.4. The Bertz CT molecular complexity index is 1250. The SMILES string of the molecule is COc1cc(-c2cnc3c(c2)C(c2ccc(-c4ncc[nH]4)cc2)=CC3)cc(C)c1C. The summed E-state index contributed by atoms with van der Waals surface area (Å²) >= 11 is 0. The molecule has 1 N–H and O–H groups in total. The summed E-state index contributed by atoms with van der Waals surface area (Å²) < 4.78 is 5.57. The standard InChI is InChI=1S/C26H23N3O/c1-16-12-20(14-25(30-3)17(16)2)21-13-23-22(8-9-24(23)29-15-21)18-4-6-19(7-5-18)26-27-10-11-28-26/h4-8,10-15H,9H2,1-3H3,(H,27,28). The van der Waals surface area contributed by atoms with Gasteiger partial charge in [-0.3, -0.25) is 4.98 Å². The van der Waals surface area contributed by atoms with Crippen molar-refractivity contribution in [3.05, 3.63) is 95.1 Å². The molecular weight excluding hydrogens is 370 g/mol. The Balaban J connectivity index is 1.52. The van der Waals surface area contributed by atoms with Crippen molar-refractivity contribution in [1.82, 2.24) is 15.0 Å². The number of ether oxygens (including phenoxy) is 1. The molecule has 0 saturated heterocycles. The van der Waals surface area contributed by atoms with Gasteiger partial charge in [0.15, 0.2) is 0 Å². The highest BCUT2D eigenvalue weighted by molar-refractivity contribution is 5.86. The summed E-state index contributed by atoms with van der Waals surface area (Å²) in [6.45, 7) is 4.21. The zero-order valence-electron chi connectivity index (χ0n) is 17.4. The monoisotopic (exact) mass is 393 g/mol. The molecule has 30 heavy (non-hydrogen) atoms. The third-order valence-corrected chi connectivity index (χ3v) is 5.90. The highest BCUT2D eigenvalue weighted by Gasteiger charge is 2.18. The topological polar surface area (TPSA) is 50.8 Å². The molecule has 2 aromatic carbocycles. The molecule has 148 valence electrons. The van der Waals surface area contributed by atoms with Gasteiger partial charge in [-0.1, -0.05) is 36.4 Å². The van der Waals surface area contributed by atoms with Crippen LogP contribution in [0.2, 0.25) is 0 Å². The average Bonchev–Trinajstić information content (AvgIpc) is 3.45. The van der Waals surface area contributed by atoms with Crippen LogP contribution in [0.1, 0.15) is 27.9 Å². The van der Waals surface area contributed by atoms with E-state index in [4.69, 9.17) is 9.72 Å². The van der Waals surface area contributed by atoms with Crippen LogP contribution in [0.25, 0.3) is 28.1 Å². The van der Waals surface area contributed by atoms with Crippen molar-refractivity contribution < 1.29 is 4.74 Å². The van der Waals surface area contributed by atoms with Crippen molar-refractivity contribution in [3.63, 3.8) is 0 Å². The number of aryl methyl sites for hydroxylation is 1. The molecule has 4 heteroatoms. The highest BCUT2D eigenvalue weighted by Crippen LogP contribution is 2.36. The largest absolute Gasteiger partial charge is 0.496 e. The maximum atomic E-state index is 5.57. The number of rotatable bonds is 4. The number of aromatic nitrogens is 3. The van der Waals surface area contributed by atoms with Crippen LogP contribution in [0.4, 0.5) is 0 Å².